The molecule has 0 fully saturated rings. The summed E-state index contributed by atoms with van der Waals surface area (Å²) in [5, 5.41) is 9.82. The van der Waals surface area contributed by atoms with Gasteiger partial charge in [0.15, 0.2) is 17.3 Å². The zero-order chi connectivity index (χ0) is 12.4. The van der Waals surface area contributed by atoms with E-state index >= 15 is 0 Å². The molecule has 0 atom stereocenters. The van der Waals surface area contributed by atoms with Gasteiger partial charge in [-0.25, -0.2) is 0 Å². The lowest BCUT2D eigenvalue weighted by Gasteiger charge is -2.11. The molecule has 1 heterocycles. The molecule has 17 heavy (non-hydrogen) atoms. The van der Waals surface area contributed by atoms with Crippen molar-refractivity contribution in [2.45, 2.75) is 13.3 Å². The second-order valence-corrected chi connectivity index (χ2v) is 3.64. The molecule has 2 rings (SSSR count). The standard InChI is InChI=1S/C12H15N3O2/c1-4-9-7-5-10(16-2)11(17-3)6-8(7)12(13)15-14-9/h5-6H,4H2,1-3H3,(H2,13,15). The molecule has 0 spiro atoms. The van der Waals surface area contributed by atoms with Gasteiger partial charge in [-0.1, -0.05) is 6.92 Å². The molecule has 0 unspecified atom stereocenters. The largest absolute Gasteiger partial charge is 0.493 e. The number of aryl methyl sites for hydroxylation is 1. The van der Waals surface area contributed by atoms with E-state index in [9.17, 15) is 0 Å². The molecule has 1 aromatic carbocycles. The van der Waals surface area contributed by atoms with Crippen molar-refractivity contribution in [2.75, 3.05) is 20.0 Å². The monoisotopic (exact) mass is 233 g/mol. The summed E-state index contributed by atoms with van der Waals surface area (Å²) in [5.41, 5.74) is 6.72. The Bertz CT molecular complexity index is 555. The minimum atomic E-state index is 0.401. The maximum atomic E-state index is 5.82. The van der Waals surface area contributed by atoms with E-state index in [1.807, 2.05) is 19.1 Å². The quantitative estimate of drug-likeness (QED) is 0.875. The Morgan fingerprint density at radius 3 is 2.18 bits per heavy atom. The van der Waals surface area contributed by atoms with Crippen LogP contribution in [-0.2, 0) is 6.42 Å². The van der Waals surface area contributed by atoms with E-state index in [-0.39, 0.29) is 0 Å². The van der Waals surface area contributed by atoms with Gasteiger partial charge in [0, 0.05) is 10.8 Å². The number of fused-ring (bicyclic) bond motifs is 1. The minimum Gasteiger partial charge on any atom is -0.493 e. The van der Waals surface area contributed by atoms with Crippen molar-refractivity contribution >= 4 is 16.6 Å². The molecular formula is C12H15N3O2. The SMILES string of the molecule is CCc1nnc(N)c2cc(OC)c(OC)cc12. The van der Waals surface area contributed by atoms with Crippen LogP contribution in [0.5, 0.6) is 11.5 Å². The van der Waals surface area contributed by atoms with Crippen LogP contribution in [0.4, 0.5) is 5.82 Å². The van der Waals surface area contributed by atoms with Crippen LogP contribution in [-0.4, -0.2) is 24.4 Å². The Labute approximate surface area is 99.5 Å². The van der Waals surface area contributed by atoms with E-state index in [4.69, 9.17) is 15.2 Å². The average molecular weight is 233 g/mol. The zero-order valence-electron chi connectivity index (χ0n) is 10.2. The molecule has 5 heteroatoms. The number of nitrogen functional groups attached to an aromatic ring is 1. The topological polar surface area (TPSA) is 70.3 Å². The van der Waals surface area contributed by atoms with Crippen LogP contribution in [0.3, 0.4) is 0 Å². The molecule has 0 bridgehead atoms. The molecule has 0 aliphatic carbocycles. The van der Waals surface area contributed by atoms with Crippen LogP contribution in [0.25, 0.3) is 10.8 Å². The first kappa shape index (κ1) is 11.4. The summed E-state index contributed by atoms with van der Waals surface area (Å²) in [6.07, 6.45) is 0.791. The number of methoxy groups -OCH3 is 2. The molecule has 2 N–H and O–H groups in total. The van der Waals surface area contributed by atoms with Crippen LogP contribution in [0.15, 0.2) is 12.1 Å². The van der Waals surface area contributed by atoms with Gasteiger partial charge in [-0.15, -0.1) is 5.10 Å². The lowest BCUT2D eigenvalue weighted by Crippen LogP contribution is -2.00. The third-order valence-electron chi connectivity index (χ3n) is 2.72. The summed E-state index contributed by atoms with van der Waals surface area (Å²) in [7, 11) is 3.20. The van der Waals surface area contributed by atoms with E-state index in [2.05, 4.69) is 10.2 Å². The van der Waals surface area contributed by atoms with Gasteiger partial charge in [-0.3, -0.25) is 0 Å². The van der Waals surface area contributed by atoms with Crippen molar-refractivity contribution < 1.29 is 9.47 Å². The molecule has 90 valence electrons. The summed E-state index contributed by atoms with van der Waals surface area (Å²) in [5.74, 6) is 1.71. The van der Waals surface area contributed by atoms with E-state index < -0.39 is 0 Å². The molecule has 0 saturated heterocycles. The Morgan fingerprint density at radius 2 is 1.65 bits per heavy atom. The number of benzene rings is 1. The first-order valence-corrected chi connectivity index (χ1v) is 5.38. The molecule has 1 aromatic heterocycles. The molecule has 2 aromatic rings. The maximum Gasteiger partial charge on any atom is 0.161 e. The van der Waals surface area contributed by atoms with Gasteiger partial charge in [-0.2, -0.15) is 5.10 Å². The second kappa shape index (κ2) is 4.45. The summed E-state index contributed by atoms with van der Waals surface area (Å²) in [4.78, 5) is 0. The van der Waals surface area contributed by atoms with Gasteiger partial charge >= 0.3 is 0 Å². The number of ether oxygens (including phenoxy) is 2. The number of nitrogens with two attached hydrogens (primary N) is 1. The second-order valence-electron chi connectivity index (χ2n) is 3.64. The Kier molecular flexibility index (Phi) is 2.99. The Morgan fingerprint density at radius 1 is 1.06 bits per heavy atom. The summed E-state index contributed by atoms with van der Waals surface area (Å²) in [6, 6.07) is 3.72. The number of anilines is 1. The van der Waals surface area contributed by atoms with Gasteiger partial charge in [0.2, 0.25) is 0 Å². The summed E-state index contributed by atoms with van der Waals surface area (Å²) >= 11 is 0. The van der Waals surface area contributed by atoms with Crippen LogP contribution in [0.1, 0.15) is 12.6 Å². The molecule has 0 saturated carbocycles. The van der Waals surface area contributed by atoms with Crippen molar-refractivity contribution in [1.82, 2.24) is 10.2 Å². The fourth-order valence-corrected chi connectivity index (χ4v) is 1.81. The third kappa shape index (κ3) is 1.84. The van der Waals surface area contributed by atoms with E-state index in [1.54, 1.807) is 14.2 Å². The van der Waals surface area contributed by atoms with Gasteiger partial charge in [0.25, 0.3) is 0 Å². The fraction of sp³-hybridized carbons (Fsp3) is 0.333. The highest BCUT2D eigenvalue weighted by molar-refractivity contribution is 5.94. The van der Waals surface area contributed by atoms with Crippen LogP contribution >= 0.6 is 0 Å². The van der Waals surface area contributed by atoms with E-state index in [0.717, 1.165) is 22.9 Å². The molecule has 0 aliphatic rings. The molecule has 0 aliphatic heterocycles. The Hall–Kier alpha value is -2.04. The predicted octanol–water partition coefficient (Wildman–Crippen LogP) is 1.79. The van der Waals surface area contributed by atoms with Crippen molar-refractivity contribution in [3.8, 4) is 11.5 Å². The van der Waals surface area contributed by atoms with Crippen molar-refractivity contribution in [3.63, 3.8) is 0 Å². The highest BCUT2D eigenvalue weighted by Gasteiger charge is 2.12. The summed E-state index contributed by atoms with van der Waals surface area (Å²) < 4.78 is 10.5. The zero-order valence-corrected chi connectivity index (χ0v) is 10.2. The summed E-state index contributed by atoms with van der Waals surface area (Å²) in [6.45, 7) is 2.02. The van der Waals surface area contributed by atoms with Gasteiger partial charge < -0.3 is 15.2 Å². The normalized spacial score (nSPS) is 10.5. The third-order valence-corrected chi connectivity index (χ3v) is 2.72. The number of hydrogen-bond donors (Lipinski definition) is 1. The lowest BCUT2D eigenvalue weighted by atomic mass is 10.1. The van der Waals surface area contributed by atoms with Crippen LogP contribution < -0.4 is 15.2 Å². The predicted molar refractivity (Wildman–Crippen MR) is 66.4 cm³/mol. The van der Waals surface area contributed by atoms with Gasteiger partial charge in [-0.05, 0) is 18.6 Å². The average Bonchev–Trinajstić information content (AvgIpc) is 2.38. The van der Waals surface area contributed by atoms with E-state index in [0.29, 0.717) is 17.3 Å². The van der Waals surface area contributed by atoms with Crippen molar-refractivity contribution in [2.24, 2.45) is 0 Å². The first-order valence-electron chi connectivity index (χ1n) is 5.38. The minimum absolute atomic E-state index is 0.401. The van der Waals surface area contributed by atoms with Crippen molar-refractivity contribution in [1.29, 1.82) is 0 Å². The Balaban J connectivity index is 2.80. The van der Waals surface area contributed by atoms with Crippen molar-refractivity contribution in [3.05, 3.63) is 17.8 Å². The highest BCUT2D eigenvalue weighted by atomic mass is 16.5. The molecular weight excluding hydrogens is 218 g/mol. The highest BCUT2D eigenvalue weighted by Crippen LogP contribution is 2.34. The number of nitrogens with zero attached hydrogens (tertiary/aromatic N) is 2. The number of hydrogen-bond acceptors (Lipinski definition) is 5. The maximum absolute atomic E-state index is 5.82. The fourth-order valence-electron chi connectivity index (χ4n) is 1.81. The molecule has 0 amide bonds. The van der Waals surface area contributed by atoms with Gasteiger partial charge in [0.1, 0.15) is 0 Å². The number of rotatable bonds is 3. The van der Waals surface area contributed by atoms with Gasteiger partial charge in [0.05, 0.1) is 19.9 Å². The van der Waals surface area contributed by atoms with Crippen LogP contribution in [0.2, 0.25) is 0 Å². The smallest absolute Gasteiger partial charge is 0.161 e. The first-order chi connectivity index (χ1) is 8.21. The lowest BCUT2D eigenvalue weighted by molar-refractivity contribution is 0.356. The molecule has 5 nitrogen and oxygen atoms in total. The molecule has 0 radical (unpaired) electrons. The van der Waals surface area contributed by atoms with Crippen LogP contribution in [0, 0.1) is 0 Å². The van der Waals surface area contributed by atoms with E-state index in [1.165, 1.54) is 0 Å². The number of aromatic nitrogens is 2.